The Morgan fingerprint density at radius 1 is 1.12 bits per heavy atom. The average Bonchev–Trinajstić information content (AvgIpc) is 3.20. The Bertz CT molecular complexity index is 1160. The predicted octanol–water partition coefficient (Wildman–Crippen LogP) is 3.08. The third-order valence-corrected chi connectivity index (χ3v) is 4.15. The molecule has 2 heterocycles. The zero-order valence-corrected chi connectivity index (χ0v) is 14.2. The highest BCUT2D eigenvalue weighted by molar-refractivity contribution is 6.31. The molecule has 0 aliphatic carbocycles. The Balaban J connectivity index is 1.49. The van der Waals surface area contributed by atoms with Crippen LogP contribution in [0.4, 0.5) is 5.69 Å². The first-order chi connectivity index (χ1) is 12.6. The van der Waals surface area contributed by atoms with Gasteiger partial charge >= 0.3 is 5.69 Å². The average molecular weight is 368 g/mol. The van der Waals surface area contributed by atoms with Gasteiger partial charge in [-0.15, -0.1) is 0 Å². The van der Waals surface area contributed by atoms with Crippen molar-refractivity contribution in [1.82, 2.24) is 20.2 Å². The van der Waals surface area contributed by atoms with Gasteiger partial charge in [-0.1, -0.05) is 23.7 Å². The molecule has 0 unspecified atom stereocenters. The van der Waals surface area contributed by atoms with Crippen LogP contribution in [0.3, 0.4) is 0 Å². The van der Waals surface area contributed by atoms with Crippen molar-refractivity contribution < 1.29 is 4.79 Å². The number of nitrogens with one attached hydrogen (secondary N) is 4. The normalized spacial score (nSPS) is 11.0. The summed E-state index contributed by atoms with van der Waals surface area (Å²) in [7, 11) is 0. The van der Waals surface area contributed by atoms with Gasteiger partial charge in [-0.2, -0.15) is 5.10 Å². The molecular formula is C18H14ClN5O2. The maximum Gasteiger partial charge on any atom is 0.340 e. The molecule has 130 valence electrons. The molecule has 0 saturated heterocycles. The summed E-state index contributed by atoms with van der Waals surface area (Å²) < 4.78 is 0. The predicted molar refractivity (Wildman–Crippen MR) is 100 cm³/mol. The molecule has 0 spiro atoms. The molecule has 4 N–H and O–H groups in total. The maximum atomic E-state index is 12.3. The van der Waals surface area contributed by atoms with E-state index in [1.165, 1.54) is 0 Å². The van der Waals surface area contributed by atoms with Crippen LogP contribution in [0, 0.1) is 0 Å². The lowest BCUT2D eigenvalue weighted by molar-refractivity contribution is -0.115. The first-order valence-electron chi connectivity index (χ1n) is 7.89. The first-order valence-corrected chi connectivity index (χ1v) is 8.27. The highest BCUT2D eigenvalue weighted by Crippen LogP contribution is 2.21. The van der Waals surface area contributed by atoms with Gasteiger partial charge in [0.1, 0.15) is 0 Å². The Morgan fingerprint density at radius 2 is 2.00 bits per heavy atom. The number of carbonyl (C=O) groups is 1. The molecule has 26 heavy (non-hydrogen) atoms. The van der Waals surface area contributed by atoms with E-state index in [4.69, 9.17) is 11.6 Å². The monoisotopic (exact) mass is 367 g/mol. The fraction of sp³-hybridized carbons (Fsp3) is 0.0556. The summed E-state index contributed by atoms with van der Waals surface area (Å²) in [5.41, 5.74) is 2.67. The molecule has 0 fully saturated rings. The number of fused-ring (bicyclic) bond motifs is 1. The molecule has 7 nitrogen and oxygen atoms in total. The zero-order chi connectivity index (χ0) is 18.1. The van der Waals surface area contributed by atoms with E-state index in [9.17, 15) is 9.59 Å². The smallest absolute Gasteiger partial charge is 0.340 e. The van der Waals surface area contributed by atoms with E-state index in [-0.39, 0.29) is 18.0 Å². The van der Waals surface area contributed by atoms with Crippen LogP contribution in [-0.4, -0.2) is 26.1 Å². The van der Waals surface area contributed by atoms with E-state index in [2.05, 4.69) is 25.5 Å². The lowest BCUT2D eigenvalue weighted by Gasteiger charge is -2.05. The van der Waals surface area contributed by atoms with Gasteiger partial charge in [0, 0.05) is 32.9 Å². The van der Waals surface area contributed by atoms with Crippen LogP contribution in [0.5, 0.6) is 0 Å². The third kappa shape index (κ3) is 3.38. The number of hydrogen-bond donors (Lipinski definition) is 4. The van der Waals surface area contributed by atoms with Crippen molar-refractivity contribution in [3.05, 3.63) is 69.7 Å². The van der Waals surface area contributed by atoms with Gasteiger partial charge in [0.2, 0.25) is 5.91 Å². The number of anilines is 1. The molecule has 0 saturated carbocycles. The molecule has 2 aromatic carbocycles. The highest BCUT2D eigenvalue weighted by atomic mass is 35.5. The number of amides is 1. The standard InChI is InChI=1S/C18H14ClN5O2/c19-12-4-5-15-11(6-12)8-14(20-15)9-16(25)21-13-3-1-2-10(7-13)17-22-18(26)24-23-17/h1-8,20H,9H2,(H,21,25)(H2,22,23,24,26). The van der Waals surface area contributed by atoms with E-state index in [1.54, 1.807) is 30.3 Å². The molecule has 4 rings (SSSR count). The van der Waals surface area contributed by atoms with Crippen molar-refractivity contribution in [2.45, 2.75) is 6.42 Å². The first kappa shape index (κ1) is 16.2. The Kier molecular flexibility index (Phi) is 4.06. The molecule has 0 aliphatic heterocycles. The second-order valence-corrected chi connectivity index (χ2v) is 6.29. The fourth-order valence-electron chi connectivity index (χ4n) is 2.79. The summed E-state index contributed by atoms with van der Waals surface area (Å²) in [6, 6.07) is 14.5. The quantitative estimate of drug-likeness (QED) is 0.445. The van der Waals surface area contributed by atoms with E-state index >= 15 is 0 Å². The number of H-pyrrole nitrogens is 3. The van der Waals surface area contributed by atoms with Crippen molar-refractivity contribution in [3.63, 3.8) is 0 Å². The second kappa shape index (κ2) is 6.53. The minimum atomic E-state index is -0.381. The zero-order valence-electron chi connectivity index (χ0n) is 13.5. The lowest BCUT2D eigenvalue weighted by atomic mass is 10.2. The molecule has 1 amide bonds. The van der Waals surface area contributed by atoms with Crippen LogP contribution in [0.2, 0.25) is 5.02 Å². The maximum absolute atomic E-state index is 12.3. The summed E-state index contributed by atoms with van der Waals surface area (Å²) in [6.45, 7) is 0. The van der Waals surface area contributed by atoms with E-state index in [0.29, 0.717) is 22.1 Å². The van der Waals surface area contributed by atoms with Gasteiger partial charge < -0.3 is 10.3 Å². The summed E-state index contributed by atoms with van der Waals surface area (Å²) >= 11 is 5.99. The molecule has 0 aliphatic rings. The number of halogens is 1. The van der Waals surface area contributed by atoms with Crippen molar-refractivity contribution in [2.75, 3.05) is 5.32 Å². The number of aromatic nitrogens is 4. The minimum Gasteiger partial charge on any atom is -0.358 e. The number of aromatic amines is 3. The van der Waals surface area contributed by atoms with Gasteiger partial charge in [0.05, 0.1) is 6.42 Å². The second-order valence-electron chi connectivity index (χ2n) is 5.86. The summed E-state index contributed by atoms with van der Waals surface area (Å²) in [5, 5.41) is 10.7. The van der Waals surface area contributed by atoms with Gasteiger partial charge in [-0.3, -0.25) is 9.78 Å². The SMILES string of the molecule is O=C(Cc1cc2cc(Cl)ccc2[nH]1)Nc1cccc(-c2n[nH]c(=O)[nH]2)c1. The topological polar surface area (TPSA) is 106 Å². The number of nitrogens with zero attached hydrogens (tertiary/aromatic N) is 1. The Hall–Kier alpha value is -3.32. The third-order valence-electron chi connectivity index (χ3n) is 3.91. The number of rotatable bonds is 4. The molecule has 2 aromatic heterocycles. The highest BCUT2D eigenvalue weighted by Gasteiger charge is 2.09. The summed E-state index contributed by atoms with van der Waals surface area (Å²) in [4.78, 5) is 29.3. The van der Waals surface area contributed by atoms with Crippen LogP contribution in [0.25, 0.3) is 22.3 Å². The van der Waals surface area contributed by atoms with Crippen molar-refractivity contribution >= 4 is 34.1 Å². The molecule has 4 aromatic rings. The van der Waals surface area contributed by atoms with Crippen molar-refractivity contribution in [3.8, 4) is 11.4 Å². The Labute approximate surface area is 152 Å². The molecular weight excluding hydrogens is 354 g/mol. The molecule has 0 atom stereocenters. The number of benzene rings is 2. The number of carbonyl (C=O) groups excluding carboxylic acids is 1. The van der Waals surface area contributed by atoms with Crippen LogP contribution in [0.1, 0.15) is 5.69 Å². The number of hydrogen-bond acceptors (Lipinski definition) is 3. The van der Waals surface area contributed by atoms with Crippen LogP contribution >= 0.6 is 11.6 Å². The van der Waals surface area contributed by atoms with E-state index in [1.807, 2.05) is 18.2 Å². The van der Waals surface area contributed by atoms with Gasteiger partial charge in [-0.05, 0) is 36.4 Å². The van der Waals surface area contributed by atoms with E-state index in [0.717, 1.165) is 16.6 Å². The van der Waals surface area contributed by atoms with Gasteiger partial charge in [-0.25, -0.2) is 9.89 Å². The van der Waals surface area contributed by atoms with Crippen LogP contribution in [-0.2, 0) is 11.2 Å². The molecule has 0 radical (unpaired) electrons. The lowest BCUT2D eigenvalue weighted by Crippen LogP contribution is -2.14. The van der Waals surface area contributed by atoms with Gasteiger partial charge in [0.25, 0.3) is 0 Å². The Morgan fingerprint density at radius 3 is 2.81 bits per heavy atom. The van der Waals surface area contributed by atoms with Crippen LogP contribution < -0.4 is 11.0 Å². The largest absolute Gasteiger partial charge is 0.358 e. The van der Waals surface area contributed by atoms with Crippen molar-refractivity contribution in [2.24, 2.45) is 0 Å². The summed E-state index contributed by atoms with van der Waals surface area (Å²) in [5.74, 6) is 0.258. The summed E-state index contributed by atoms with van der Waals surface area (Å²) in [6.07, 6.45) is 0.204. The fourth-order valence-corrected chi connectivity index (χ4v) is 2.97. The van der Waals surface area contributed by atoms with E-state index < -0.39 is 0 Å². The van der Waals surface area contributed by atoms with Crippen LogP contribution in [0.15, 0.2) is 53.3 Å². The van der Waals surface area contributed by atoms with Gasteiger partial charge in [0.15, 0.2) is 5.82 Å². The molecule has 8 heteroatoms. The minimum absolute atomic E-state index is 0.157. The molecule has 0 bridgehead atoms. The van der Waals surface area contributed by atoms with Crippen molar-refractivity contribution in [1.29, 1.82) is 0 Å².